The van der Waals surface area contributed by atoms with E-state index in [1.807, 2.05) is 43.3 Å². The summed E-state index contributed by atoms with van der Waals surface area (Å²) in [6.45, 7) is 2.22. The molecule has 0 atom stereocenters. The lowest BCUT2D eigenvalue weighted by Crippen LogP contribution is -2.08. The number of methoxy groups -OCH3 is 2. The van der Waals surface area contributed by atoms with Gasteiger partial charge in [0.05, 0.1) is 25.4 Å². The fourth-order valence-electron chi connectivity index (χ4n) is 2.63. The largest absolute Gasteiger partial charge is 0.503 e. The van der Waals surface area contributed by atoms with E-state index in [2.05, 4.69) is 9.97 Å². The highest BCUT2D eigenvalue weighted by atomic mass is 32.1. The maximum atomic E-state index is 12.1. The lowest BCUT2D eigenvalue weighted by molar-refractivity contribution is -0.133. The Balaban J connectivity index is 1.84. The van der Waals surface area contributed by atoms with E-state index in [-0.39, 0.29) is 6.61 Å². The predicted molar refractivity (Wildman–Crippen MR) is 108 cm³/mol. The minimum absolute atomic E-state index is 0.255. The van der Waals surface area contributed by atoms with Crippen LogP contribution in [0.25, 0.3) is 16.1 Å². The van der Waals surface area contributed by atoms with Gasteiger partial charge in [0.15, 0.2) is 0 Å². The first-order valence-corrected chi connectivity index (χ1v) is 9.36. The van der Waals surface area contributed by atoms with Gasteiger partial charge in [-0.05, 0) is 30.2 Å². The van der Waals surface area contributed by atoms with Gasteiger partial charge in [-0.3, -0.25) is 4.98 Å². The Morgan fingerprint density at radius 2 is 2.00 bits per heavy atom. The van der Waals surface area contributed by atoms with Gasteiger partial charge in [-0.1, -0.05) is 24.3 Å². The third-order valence-corrected chi connectivity index (χ3v) is 4.98. The highest BCUT2D eigenvalue weighted by Gasteiger charge is 2.18. The molecule has 1 aromatic carbocycles. The predicted octanol–water partition coefficient (Wildman–Crippen LogP) is 4.25. The Labute approximate surface area is 167 Å². The first kappa shape index (κ1) is 19.6. The van der Waals surface area contributed by atoms with Crippen molar-refractivity contribution in [3.05, 3.63) is 71.1 Å². The smallest absolute Gasteiger partial charge is 0.341 e. The van der Waals surface area contributed by atoms with Crippen LogP contribution in [0.15, 0.2) is 55.1 Å². The van der Waals surface area contributed by atoms with Crippen molar-refractivity contribution >= 4 is 22.9 Å². The summed E-state index contributed by atoms with van der Waals surface area (Å²) in [4.78, 5) is 21.8. The van der Waals surface area contributed by atoms with Crippen molar-refractivity contribution in [2.24, 2.45) is 0 Å². The van der Waals surface area contributed by atoms with Crippen LogP contribution in [0, 0.1) is 6.92 Å². The molecule has 3 aromatic rings. The van der Waals surface area contributed by atoms with E-state index in [1.54, 1.807) is 23.7 Å². The van der Waals surface area contributed by atoms with Crippen LogP contribution in [0.2, 0.25) is 0 Å². The average molecular weight is 396 g/mol. The number of aryl methyl sites for hydroxylation is 1. The van der Waals surface area contributed by atoms with Gasteiger partial charge in [0.25, 0.3) is 0 Å². The molecule has 0 bridgehead atoms. The van der Waals surface area contributed by atoms with Crippen molar-refractivity contribution < 1.29 is 19.0 Å². The molecule has 2 heterocycles. The number of carbonyl (C=O) groups excluding carboxylic acids is 1. The second-order valence-corrected chi connectivity index (χ2v) is 7.03. The SMILES string of the molecule is COC=C(C(=O)OC)c1ccccc1COc1nc(-c2cccnc2)sc1C. The van der Waals surface area contributed by atoms with Crippen molar-refractivity contribution in [3.8, 4) is 16.5 Å². The van der Waals surface area contributed by atoms with E-state index < -0.39 is 5.97 Å². The molecule has 0 saturated carbocycles. The van der Waals surface area contributed by atoms with Gasteiger partial charge in [0.2, 0.25) is 5.88 Å². The van der Waals surface area contributed by atoms with E-state index in [1.165, 1.54) is 20.5 Å². The number of hydrogen-bond acceptors (Lipinski definition) is 7. The number of carbonyl (C=O) groups is 1. The maximum absolute atomic E-state index is 12.1. The first-order valence-electron chi connectivity index (χ1n) is 8.54. The lowest BCUT2D eigenvalue weighted by atomic mass is 10.0. The van der Waals surface area contributed by atoms with Gasteiger partial charge in [0, 0.05) is 18.0 Å². The van der Waals surface area contributed by atoms with Crippen LogP contribution >= 0.6 is 11.3 Å². The van der Waals surface area contributed by atoms with Crippen LogP contribution in [-0.4, -0.2) is 30.2 Å². The Hall–Kier alpha value is -3.19. The zero-order chi connectivity index (χ0) is 19.9. The number of nitrogens with zero attached hydrogens (tertiary/aromatic N) is 2. The summed E-state index contributed by atoms with van der Waals surface area (Å²) in [5.74, 6) is 0.0898. The standard InChI is InChI=1S/C21H20N2O4S/c1-14-19(23-20(28-14)15-8-6-10-22-11-15)27-12-16-7-4-5-9-17(16)18(13-25-2)21(24)26-3/h4-11,13H,12H2,1-3H3. The molecule has 0 aliphatic rings. The van der Waals surface area contributed by atoms with Crippen molar-refractivity contribution in [2.45, 2.75) is 13.5 Å². The monoisotopic (exact) mass is 396 g/mol. The summed E-state index contributed by atoms with van der Waals surface area (Å²) in [5.41, 5.74) is 2.79. The number of ether oxygens (including phenoxy) is 3. The number of thiazole rings is 1. The molecule has 0 saturated heterocycles. The summed E-state index contributed by atoms with van der Waals surface area (Å²) in [6, 6.07) is 11.3. The Morgan fingerprint density at radius 1 is 1.18 bits per heavy atom. The molecule has 0 aliphatic heterocycles. The van der Waals surface area contributed by atoms with Gasteiger partial charge in [-0.15, -0.1) is 11.3 Å². The van der Waals surface area contributed by atoms with Gasteiger partial charge < -0.3 is 14.2 Å². The second kappa shape index (κ2) is 9.14. The Morgan fingerprint density at radius 3 is 2.71 bits per heavy atom. The molecule has 0 amide bonds. The van der Waals surface area contributed by atoms with Gasteiger partial charge >= 0.3 is 5.97 Å². The number of benzene rings is 1. The van der Waals surface area contributed by atoms with Gasteiger partial charge in [-0.25, -0.2) is 9.78 Å². The molecular weight excluding hydrogens is 376 g/mol. The summed E-state index contributed by atoms with van der Waals surface area (Å²) in [7, 11) is 2.82. The Bertz CT molecular complexity index is 983. The molecule has 3 rings (SSSR count). The van der Waals surface area contributed by atoms with Crippen LogP contribution in [-0.2, 0) is 20.9 Å². The normalized spacial score (nSPS) is 11.2. The molecule has 6 nitrogen and oxygen atoms in total. The summed E-state index contributed by atoms with van der Waals surface area (Å²) >= 11 is 1.55. The van der Waals surface area contributed by atoms with Crippen LogP contribution in [0.5, 0.6) is 5.88 Å². The number of pyridine rings is 1. The molecule has 0 fully saturated rings. The lowest BCUT2D eigenvalue weighted by Gasteiger charge is -2.12. The number of rotatable bonds is 7. The molecule has 7 heteroatoms. The average Bonchev–Trinajstić information content (AvgIpc) is 3.11. The molecule has 0 radical (unpaired) electrons. The van der Waals surface area contributed by atoms with Crippen molar-refractivity contribution in [2.75, 3.05) is 14.2 Å². The maximum Gasteiger partial charge on any atom is 0.341 e. The Kier molecular flexibility index (Phi) is 6.39. The minimum atomic E-state index is -0.474. The molecule has 2 aromatic heterocycles. The zero-order valence-corrected chi connectivity index (χ0v) is 16.7. The molecule has 28 heavy (non-hydrogen) atoms. The third-order valence-electron chi connectivity index (χ3n) is 3.98. The minimum Gasteiger partial charge on any atom is -0.503 e. The summed E-state index contributed by atoms with van der Waals surface area (Å²) in [6.07, 6.45) is 4.87. The van der Waals surface area contributed by atoms with Crippen molar-refractivity contribution in [1.29, 1.82) is 0 Å². The number of aromatic nitrogens is 2. The zero-order valence-electron chi connectivity index (χ0n) is 15.8. The summed E-state index contributed by atoms with van der Waals surface area (Å²) < 4.78 is 15.9. The highest BCUT2D eigenvalue weighted by Crippen LogP contribution is 2.32. The van der Waals surface area contributed by atoms with Crippen LogP contribution in [0.4, 0.5) is 0 Å². The quantitative estimate of drug-likeness (QED) is 0.338. The highest BCUT2D eigenvalue weighted by molar-refractivity contribution is 7.15. The van der Waals surface area contributed by atoms with E-state index in [4.69, 9.17) is 14.2 Å². The topological polar surface area (TPSA) is 70.5 Å². The fourth-order valence-corrected chi connectivity index (χ4v) is 3.48. The molecule has 0 N–H and O–H groups in total. The van der Waals surface area contributed by atoms with E-state index in [0.29, 0.717) is 17.0 Å². The van der Waals surface area contributed by atoms with Crippen LogP contribution in [0.1, 0.15) is 16.0 Å². The number of esters is 1. The molecule has 0 aliphatic carbocycles. The molecule has 0 spiro atoms. The second-order valence-electron chi connectivity index (χ2n) is 5.83. The fraction of sp³-hybridized carbons (Fsp3) is 0.190. The molecular formula is C21H20N2O4S. The van der Waals surface area contributed by atoms with Gasteiger partial charge in [0.1, 0.15) is 17.2 Å². The third kappa shape index (κ3) is 4.37. The van der Waals surface area contributed by atoms with Crippen molar-refractivity contribution in [3.63, 3.8) is 0 Å². The van der Waals surface area contributed by atoms with Crippen molar-refractivity contribution in [1.82, 2.24) is 9.97 Å². The van der Waals surface area contributed by atoms with E-state index in [9.17, 15) is 4.79 Å². The number of hydrogen-bond donors (Lipinski definition) is 0. The first-order chi connectivity index (χ1) is 13.6. The van der Waals surface area contributed by atoms with Gasteiger partial charge in [-0.2, -0.15) is 0 Å². The van der Waals surface area contributed by atoms with Crippen LogP contribution < -0.4 is 4.74 Å². The van der Waals surface area contributed by atoms with Crippen LogP contribution in [0.3, 0.4) is 0 Å². The van der Waals surface area contributed by atoms with E-state index in [0.717, 1.165) is 21.0 Å². The summed E-state index contributed by atoms with van der Waals surface area (Å²) in [5, 5.41) is 0.850. The molecule has 144 valence electrons. The van der Waals surface area contributed by atoms with E-state index >= 15 is 0 Å². The molecule has 0 unspecified atom stereocenters.